The third-order valence-electron chi connectivity index (χ3n) is 6.53. The average Bonchev–Trinajstić information content (AvgIpc) is 2.98. The van der Waals surface area contributed by atoms with Crippen LogP contribution in [-0.2, 0) is 4.79 Å². The van der Waals surface area contributed by atoms with Crippen molar-refractivity contribution in [2.75, 3.05) is 36.8 Å². The molecule has 9 heteroatoms. The van der Waals surface area contributed by atoms with Crippen LogP contribution in [0.4, 0.5) is 17.3 Å². The molecule has 2 heterocycles. The zero-order valence-electron chi connectivity index (χ0n) is 21.5. The summed E-state index contributed by atoms with van der Waals surface area (Å²) in [6.45, 7) is 3.71. The van der Waals surface area contributed by atoms with Gasteiger partial charge in [-0.25, -0.2) is 9.97 Å². The molecular formula is C30H28N6O3. The molecule has 0 saturated carbocycles. The molecule has 0 radical (unpaired) electrons. The molecule has 4 aromatic rings. The van der Waals surface area contributed by atoms with Gasteiger partial charge in [-0.1, -0.05) is 30.3 Å². The lowest BCUT2D eigenvalue weighted by Gasteiger charge is -2.34. The van der Waals surface area contributed by atoms with Crippen molar-refractivity contribution in [1.29, 1.82) is 0 Å². The first kappa shape index (κ1) is 25.6. The fourth-order valence-corrected chi connectivity index (χ4v) is 4.33. The van der Waals surface area contributed by atoms with E-state index in [9.17, 15) is 14.4 Å². The minimum Gasteiger partial charge on any atom is -0.339 e. The second-order valence-corrected chi connectivity index (χ2v) is 9.16. The Labute approximate surface area is 226 Å². The molecule has 3 amide bonds. The third kappa shape index (κ3) is 6.27. The molecule has 0 bridgehead atoms. The number of rotatable bonds is 6. The lowest BCUT2D eigenvalue weighted by Crippen LogP contribution is -2.50. The van der Waals surface area contributed by atoms with E-state index in [2.05, 4.69) is 20.6 Å². The van der Waals surface area contributed by atoms with Crippen LogP contribution in [0.3, 0.4) is 0 Å². The molecule has 1 aliphatic rings. The summed E-state index contributed by atoms with van der Waals surface area (Å²) in [6.07, 6.45) is 1.67. The van der Waals surface area contributed by atoms with Gasteiger partial charge in [0.1, 0.15) is 0 Å². The number of amides is 3. The zero-order valence-corrected chi connectivity index (χ0v) is 21.5. The van der Waals surface area contributed by atoms with E-state index in [0.29, 0.717) is 48.9 Å². The van der Waals surface area contributed by atoms with Crippen LogP contribution >= 0.6 is 0 Å². The van der Waals surface area contributed by atoms with Crippen molar-refractivity contribution in [3.63, 3.8) is 0 Å². The molecule has 0 aliphatic carbocycles. The Hall–Kier alpha value is -5.05. The number of anilines is 3. The van der Waals surface area contributed by atoms with E-state index in [0.717, 1.165) is 16.9 Å². The number of nitrogens with one attached hydrogen (secondary N) is 2. The number of hydrogen-bond donors (Lipinski definition) is 2. The first-order valence-corrected chi connectivity index (χ1v) is 12.7. The van der Waals surface area contributed by atoms with E-state index in [1.54, 1.807) is 47.2 Å². The van der Waals surface area contributed by atoms with Crippen LogP contribution < -0.4 is 10.6 Å². The quantitative estimate of drug-likeness (QED) is 0.389. The molecule has 3 aromatic carbocycles. The van der Waals surface area contributed by atoms with Crippen molar-refractivity contribution in [3.05, 3.63) is 102 Å². The number of carbonyl (C=O) groups is 3. The van der Waals surface area contributed by atoms with Crippen LogP contribution in [-0.4, -0.2) is 63.7 Å². The molecule has 1 saturated heterocycles. The summed E-state index contributed by atoms with van der Waals surface area (Å²) in [5.41, 5.74) is 4.23. The number of aromatic nitrogens is 2. The molecule has 0 spiro atoms. The van der Waals surface area contributed by atoms with E-state index >= 15 is 0 Å². The van der Waals surface area contributed by atoms with Crippen LogP contribution in [0.2, 0.25) is 0 Å². The fourth-order valence-electron chi connectivity index (χ4n) is 4.33. The summed E-state index contributed by atoms with van der Waals surface area (Å²) in [7, 11) is 0. The lowest BCUT2D eigenvalue weighted by atomic mass is 10.1. The molecular weight excluding hydrogens is 492 g/mol. The normalized spacial score (nSPS) is 13.1. The number of benzene rings is 3. The largest absolute Gasteiger partial charge is 0.339 e. The SMILES string of the molecule is CC(=O)N1CCN(C(=O)c2ccc(Nc3nccc(-c4ccc(NC(=O)c5ccccc5)cc4)n3)cc2)CC1. The summed E-state index contributed by atoms with van der Waals surface area (Å²) in [4.78, 5) is 49.2. The van der Waals surface area contributed by atoms with Crippen molar-refractivity contribution < 1.29 is 14.4 Å². The minimum atomic E-state index is -0.167. The topological polar surface area (TPSA) is 108 Å². The van der Waals surface area contributed by atoms with Gasteiger partial charge in [-0.05, 0) is 54.6 Å². The third-order valence-corrected chi connectivity index (χ3v) is 6.53. The maximum absolute atomic E-state index is 12.9. The molecule has 2 N–H and O–H groups in total. The van der Waals surface area contributed by atoms with Gasteiger partial charge in [0.25, 0.3) is 11.8 Å². The fraction of sp³-hybridized carbons (Fsp3) is 0.167. The van der Waals surface area contributed by atoms with Gasteiger partial charge in [-0.3, -0.25) is 14.4 Å². The first-order chi connectivity index (χ1) is 19.0. The molecule has 1 aliphatic heterocycles. The molecule has 9 nitrogen and oxygen atoms in total. The van der Waals surface area contributed by atoms with Crippen LogP contribution in [0.25, 0.3) is 11.3 Å². The number of piperazine rings is 1. The highest BCUT2D eigenvalue weighted by molar-refractivity contribution is 6.04. The Balaban J connectivity index is 1.20. The Bertz CT molecular complexity index is 1470. The average molecular weight is 521 g/mol. The van der Waals surface area contributed by atoms with Crippen LogP contribution in [0, 0.1) is 0 Å². The highest BCUT2D eigenvalue weighted by Gasteiger charge is 2.23. The van der Waals surface area contributed by atoms with Crippen LogP contribution in [0.1, 0.15) is 27.6 Å². The van der Waals surface area contributed by atoms with E-state index in [1.807, 2.05) is 60.7 Å². The summed E-state index contributed by atoms with van der Waals surface area (Å²) in [5, 5.41) is 6.08. The lowest BCUT2D eigenvalue weighted by molar-refractivity contribution is -0.130. The maximum Gasteiger partial charge on any atom is 0.255 e. The molecule has 39 heavy (non-hydrogen) atoms. The van der Waals surface area contributed by atoms with E-state index in [1.165, 1.54) is 0 Å². The Morgan fingerprint density at radius 1 is 0.718 bits per heavy atom. The van der Waals surface area contributed by atoms with Gasteiger partial charge in [0, 0.05) is 67.4 Å². The molecule has 5 rings (SSSR count). The Morgan fingerprint density at radius 2 is 1.36 bits per heavy atom. The predicted octanol–water partition coefficient (Wildman–Crippen LogP) is 4.44. The summed E-state index contributed by atoms with van der Waals surface area (Å²) in [6, 6.07) is 25.5. The summed E-state index contributed by atoms with van der Waals surface area (Å²) >= 11 is 0. The highest BCUT2D eigenvalue weighted by atomic mass is 16.2. The second kappa shape index (κ2) is 11.6. The second-order valence-electron chi connectivity index (χ2n) is 9.16. The summed E-state index contributed by atoms with van der Waals surface area (Å²) < 4.78 is 0. The van der Waals surface area contributed by atoms with Gasteiger partial charge >= 0.3 is 0 Å². The molecule has 1 fully saturated rings. The van der Waals surface area contributed by atoms with Gasteiger partial charge in [0.2, 0.25) is 11.9 Å². The minimum absolute atomic E-state index is 0.0353. The van der Waals surface area contributed by atoms with E-state index < -0.39 is 0 Å². The number of nitrogens with zero attached hydrogens (tertiary/aromatic N) is 4. The monoisotopic (exact) mass is 520 g/mol. The van der Waals surface area contributed by atoms with Gasteiger partial charge < -0.3 is 20.4 Å². The van der Waals surface area contributed by atoms with Gasteiger partial charge in [0.15, 0.2) is 0 Å². The van der Waals surface area contributed by atoms with Crippen molar-refractivity contribution in [2.45, 2.75) is 6.92 Å². The van der Waals surface area contributed by atoms with Gasteiger partial charge in [0.05, 0.1) is 5.69 Å². The number of hydrogen-bond acceptors (Lipinski definition) is 6. The Kier molecular flexibility index (Phi) is 7.58. The van der Waals surface area contributed by atoms with Gasteiger partial charge in [-0.15, -0.1) is 0 Å². The van der Waals surface area contributed by atoms with E-state index in [-0.39, 0.29) is 17.7 Å². The van der Waals surface area contributed by atoms with Gasteiger partial charge in [-0.2, -0.15) is 0 Å². The van der Waals surface area contributed by atoms with Crippen molar-refractivity contribution in [3.8, 4) is 11.3 Å². The maximum atomic E-state index is 12.9. The first-order valence-electron chi connectivity index (χ1n) is 12.7. The van der Waals surface area contributed by atoms with Crippen molar-refractivity contribution in [1.82, 2.24) is 19.8 Å². The Morgan fingerprint density at radius 3 is 2.03 bits per heavy atom. The standard InChI is InChI=1S/C30H28N6O3/c1-21(37)35-17-19-36(20-18-35)29(39)24-9-13-26(14-10-24)33-30-31-16-15-27(34-30)22-7-11-25(12-8-22)32-28(38)23-5-3-2-4-6-23/h2-16H,17-20H2,1H3,(H,32,38)(H,31,33,34). The van der Waals surface area contributed by atoms with E-state index in [4.69, 9.17) is 0 Å². The van der Waals surface area contributed by atoms with Crippen molar-refractivity contribution in [2.24, 2.45) is 0 Å². The number of carbonyl (C=O) groups excluding carboxylic acids is 3. The molecule has 0 unspecified atom stereocenters. The molecule has 0 atom stereocenters. The highest BCUT2D eigenvalue weighted by Crippen LogP contribution is 2.22. The molecule has 196 valence electrons. The van der Waals surface area contributed by atoms with Crippen LogP contribution in [0.15, 0.2) is 91.1 Å². The van der Waals surface area contributed by atoms with Crippen LogP contribution in [0.5, 0.6) is 0 Å². The molecule has 1 aromatic heterocycles. The summed E-state index contributed by atoms with van der Waals surface area (Å²) in [5.74, 6) is 0.244. The van der Waals surface area contributed by atoms with Crippen molar-refractivity contribution >= 4 is 35.0 Å². The smallest absolute Gasteiger partial charge is 0.255 e. The predicted molar refractivity (Wildman–Crippen MR) is 150 cm³/mol. The zero-order chi connectivity index (χ0) is 27.2.